The number of nitrogens with one attached hydrogen (secondary N) is 1. The van der Waals surface area contributed by atoms with Crippen LogP contribution in [0.5, 0.6) is 0 Å². The number of carbonyl (C=O) groups is 12. The summed E-state index contributed by atoms with van der Waals surface area (Å²) in [6.07, 6.45) is 9.35. The average Bonchev–Trinajstić information content (AvgIpc) is 1.59. The summed E-state index contributed by atoms with van der Waals surface area (Å²) in [5.74, 6) is -6.83. The molecule has 0 saturated carbocycles. The van der Waals surface area contributed by atoms with Crippen LogP contribution in [0.4, 0.5) is 9.59 Å². The van der Waals surface area contributed by atoms with Crippen LogP contribution in [-0.2, 0) is 80.4 Å². The molecule has 0 bridgehead atoms. The van der Waals surface area contributed by atoms with Gasteiger partial charge in [0.1, 0.15) is 0 Å². The molecule has 701 valence electrons. The van der Waals surface area contributed by atoms with Crippen LogP contribution in [0.1, 0.15) is 115 Å². The topological polar surface area (TPSA) is 896 Å². The molecule has 12 aromatic heterocycles. The first-order chi connectivity index (χ1) is 64.9. The molecular formula is C62H71B6N44O24. The first kappa shape index (κ1) is 105. The van der Waals surface area contributed by atoms with E-state index in [2.05, 4.69) is 146 Å². The minimum absolute atomic E-state index is 0.00197. The first-order valence-electron chi connectivity index (χ1n) is 37.9. The quantitative estimate of drug-likeness (QED) is 0.00470. The number of primary amides is 6. The van der Waals surface area contributed by atoms with Crippen LogP contribution in [-0.4, -0.2) is 328 Å². The predicted molar refractivity (Wildman–Crippen MR) is 450 cm³/mol. The molecule has 0 aliphatic heterocycles. The summed E-state index contributed by atoms with van der Waals surface area (Å²) in [5.41, 5.74) is 25.6. The number of aromatic nitrogens is 30. The fourth-order valence-electron chi connectivity index (χ4n) is 10.4. The third-order valence-electron chi connectivity index (χ3n) is 16.7. The van der Waals surface area contributed by atoms with Crippen LogP contribution in [0.15, 0.2) is 108 Å². The molecule has 0 aliphatic carbocycles. The minimum atomic E-state index is -1.12. The Morgan fingerprint density at radius 2 is 0.765 bits per heavy atom. The molecule has 0 fully saturated rings. The monoisotopic (exact) mass is 1880 g/mol. The number of carbonyl (C=O) groups excluding carboxylic acids is 12. The van der Waals surface area contributed by atoms with Crippen molar-refractivity contribution in [3.05, 3.63) is 147 Å². The number of hydrogen-bond acceptors (Lipinski definition) is 49. The second-order valence-corrected chi connectivity index (χ2v) is 26.8. The number of hydrogen-bond donors (Lipinski definition) is 7. The fraction of sp³-hybridized carbons (Fsp3) is 0.387. The van der Waals surface area contributed by atoms with Crippen LogP contribution in [0.25, 0.3) is 33.9 Å². The number of nitrogens with zero attached hydrogens (tertiary/aromatic N) is 37. The van der Waals surface area contributed by atoms with E-state index in [1.807, 2.05) is 13.8 Å². The number of fused-ring (bicyclic) bond motifs is 6. The average molecular weight is 1880 g/mol. The van der Waals surface area contributed by atoms with Gasteiger partial charge in [-0.05, 0) is 0 Å². The van der Waals surface area contributed by atoms with Gasteiger partial charge in [-0.1, -0.05) is 0 Å². The molecule has 12 rings (SSSR count). The van der Waals surface area contributed by atoms with Crippen molar-refractivity contribution >= 4 is 151 Å². The Kier molecular flexibility index (Phi) is 39.3. The summed E-state index contributed by atoms with van der Waals surface area (Å²) in [6, 6.07) is 0. The molecule has 12 aromatic rings. The van der Waals surface area contributed by atoms with Crippen molar-refractivity contribution in [3.8, 4) is 0 Å². The van der Waals surface area contributed by atoms with Gasteiger partial charge in [0.05, 0.1) is 0 Å². The Hall–Kier alpha value is -18.0. The van der Waals surface area contributed by atoms with Gasteiger partial charge in [0.25, 0.3) is 23.6 Å². The standard InChI is InChI=1S/C13H17BN7O4.C11H14BN8O4.C11H11BN7O4.C10H12BN8O4.C10H12BN7O4.C7H5BN7O4/c1-13(2,5-8(22)25-7-17-14)3-4-21-12(24)20-6-16-9(10(15)23)11(20)18-19-21;1-18(4-7(21)24-6-15-12)2-3-20-11(23)19-5-14-8(9(13)22)10(19)16-17-20;12-15-6-23-7(20)3-1-2-4-19-11(22)18-5-14-8(9(13)21)10(18)16-17-19;11-15-5-23-9(21)13-2-1-3-19-10(22)18-4-14-6(7(12)20)8(18)16-17-19;1-11-15-22-6(19)3-2-4-18-10(21)17-5-13-7(8(12)20)9(17)14-16-18;8-11-2-19-7(18)15-6(17)14-1-10-3(4(9)16)5(14)12-13-15/h6H,3-5,7H2,1-2H3,(H2,15,23);5H,2-4,6H2,1H3,(H2,13,22);1-2,5H,3-4,6H2,(H2,13,21);4H,1-3,5H2,(H2,12,20)(H,13,21);5H,2-4H2,1H3,(H2,12,20);1H,2H2,(H2,9,16)/b;;2-1-;;;. The van der Waals surface area contributed by atoms with Gasteiger partial charge in [-0.2, -0.15) is 0 Å². The Morgan fingerprint density at radius 1 is 0.426 bits per heavy atom. The second-order valence-electron chi connectivity index (χ2n) is 26.8. The van der Waals surface area contributed by atoms with Crippen molar-refractivity contribution in [2.45, 2.75) is 91.9 Å². The molecular weight excluding hydrogens is 1810 g/mol. The first-order valence-corrected chi connectivity index (χ1v) is 37.9. The number of rotatable bonds is 39. The van der Waals surface area contributed by atoms with Crippen molar-refractivity contribution < 1.29 is 86.1 Å². The van der Waals surface area contributed by atoms with Crippen LogP contribution in [0.3, 0.4) is 0 Å². The molecule has 5 radical (unpaired) electrons. The van der Waals surface area contributed by atoms with E-state index in [1.54, 1.807) is 18.8 Å². The molecule has 136 heavy (non-hydrogen) atoms. The van der Waals surface area contributed by atoms with E-state index in [4.69, 9.17) is 82.1 Å². The maximum absolute atomic E-state index is 12.4. The number of imidazole rings is 6. The van der Waals surface area contributed by atoms with Gasteiger partial charge in [0, 0.05) is 0 Å². The normalized spacial score (nSPS) is 10.8. The van der Waals surface area contributed by atoms with Crippen molar-refractivity contribution in [2.75, 3.05) is 60.3 Å². The summed E-state index contributed by atoms with van der Waals surface area (Å²) in [5, 5.41) is 50.0. The van der Waals surface area contributed by atoms with Crippen molar-refractivity contribution in [3.63, 3.8) is 0 Å². The van der Waals surface area contributed by atoms with E-state index in [9.17, 15) is 86.3 Å². The molecule has 68 nitrogen and oxygen atoms in total. The molecule has 0 atom stereocenters. The molecule has 13 N–H and O–H groups in total. The van der Waals surface area contributed by atoms with Gasteiger partial charge in [-0.3, -0.25) is 24.0 Å². The summed E-state index contributed by atoms with van der Waals surface area (Å²) < 4.78 is 35.0. The van der Waals surface area contributed by atoms with Crippen LogP contribution >= 0.6 is 0 Å². The number of ether oxygens (including phenoxy) is 5. The number of esters is 3. The SMILES string of the molecule is CB=NOC(=O)CCCn1nnc2c(C(N)=O)ncn2c1=O.[B]=NCOC(=O)C/C=C\Cn1nnc2c(C(N)=O)ncn2c1=O.[B]=NCOC(=O)CC(C)(C)CCn1nnc2c(C(N)=O)ncn2c1=O.[B]=NCOC(=O)CN(C)CCn1nnc2c(C(N)=O)ncn2c1=O.[B]=NCOC(=O)NCCCn1nnc2c(C(N)=O)ncn2c1=O.[B]=NCOC(=O)n1nnc2c(C(N)=O)ncn2c1=O. The molecule has 0 saturated heterocycles. The zero-order chi connectivity index (χ0) is 100. The third-order valence-corrected chi connectivity index (χ3v) is 16.7. The zero-order valence-electron chi connectivity index (χ0n) is 71.3. The van der Waals surface area contributed by atoms with Gasteiger partial charge < -0.3 is 28.7 Å². The fourth-order valence-corrected chi connectivity index (χ4v) is 10.4. The van der Waals surface area contributed by atoms with Crippen molar-refractivity contribution in [2.24, 2.45) is 69.4 Å². The molecule has 0 spiro atoms. The molecule has 0 unspecified atom stereocenters. The van der Waals surface area contributed by atoms with E-state index in [-0.39, 0.29) is 160 Å². The predicted octanol–water partition coefficient (Wildman–Crippen LogP) is -11.6. The van der Waals surface area contributed by atoms with Crippen molar-refractivity contribution in [1.82, 2.24) is 156 Å². The maximum atomic E-state index is 12.4. The van der Waals surface area contributed by atoms with Crippen LogP contribution in [0.2, 0.25) is 6.82 Å². The molecule has 0 aliphatic rings. The van der Waals surface area contributed by atoms with Crippen molar-refractivity contribution in [1.29, 1.82) is 0 Å². The number of amides is 7. The zero-order valence-corrected chi connectivity index (χ0v) is 71.3. The van der Waals surface area contributed by atoms with Gasteiger partial charge in [-0.15, -0.1) is 0 Å². The molecule has 12 heterocycles. The number of allylic oxidation sites excluding steroid dienone is 1. The van der Waals surface area contributed by atoms with Crippen LogP contribution < -0.4 is 73.9 Å². The number of nitrogens with two attached hydrogens (primary N) is 6. The molecule has 74 heteroatoms. The van der Waals surface area contributed by atoms with E-state index in [0.29, 0.717) is 30.5 Å². The Morgan fingerprint density at radius 3 is 1.16 bits per heavy atom. The Labute approximate surface area is 759 Å². The second kappa shape index (κ2) is 50.8. The van der Waals surface area contributed by atoms with E-state index in [1.165, 1.54) is 25.6 Å². The van der Waals surface area contributed by atoms with Crippen LogP contribution in [0, 0.1) is 5.41 Å². The summed E-state index contributed by atoms with van der Waals surface area (Å²) in [6.45, 7) is 5.37. The van der Waals surface area contributed by atoms with E-state index in [0.717, 1.165) is 81.4 Å². The number of likely N-dealkylation sites (N-methyl/N-ethyl adjacent to an activating group) is 1. The summed E-state index contributed by atoms with van der Waals surface area (Å²) in [7, 11) is 27.2. The number of alkyl carbamates (subject to hydrolysis) is 1. The number of aryl methyl sites for hydroxylation is 3. The van der Waals surface area contributed by atoms with E-state index >= 15 is 0 Å². The van der Waals surface area contributed by atoms with Gasteiger partial charge in [0.15, 0.2) is 22.8 Å². The van der Waals surface area contributed by atoms with Gasteiger partial charge in [-0.25, -0.2) is 19.9 Å². The Balaban J connectivity index is 0.000000223. The summed E-state index contributed by atoms with van der Waals surface area (Å²) in [4.78, 5) is 252. The van der Waals surface area contributed by atoms with Gasteiger partial charge in [0.2, 0.25) is 0 Å². The molecule has 0 aromatic carbocycles. The Bertz CT molecular complexity index is 6980. The van der Waals surface area contributed by atoms with E-state index < -0.39 is 118 Å². The molecule has 7 amide bonds. The van der Waals surface area contributed by atoms with Gasteiger partial charge >= 0.3 is 643 Å². The third kappa shape index (κ3) is 29.0. The summed E-state index contributed by atoms with van der Waals surface area (Å²) >= 11 is 0.